The summed E-state index contributed by atoms with van der Waals surface area (Å²) in [6, 6.07) is 0. The van der Waals surface area contributed by atoms with E-state index in [9.17, 15) is 9.59 Å². The Kier molecular flexibility index (Phi) is 2.52. The lowest BCUT2D eigenvalue weighted by Gasteiger charge is -2.15. The van der Waals surface area contributed by atoms with Gasteiger partial charge in [-0.3, -0.25) is 9.59 Å². The highest BCUT2D eigenvalue weighted by molar-refractivity contribution is 6.52. The van der Waals surface area contributed by atoms with Crippen molar-refractivity contribution in [3.63, 3.8) is 0 Å². The maximum atomic E-state index is 10.7. The van der Waals surface area contributed by atoms with Crippen molar-refractivity contribution < 1.29 is 14.3 Å². The molecule has 11 heavy (non-hydrogen) atoms. The van der Waals surface area contributed by atoms with Crippen LogP contribution in [0.1, 0.15) is 0 Å². The summed E-state index contributed by atoms with van der Waals surface area (Å²) in [5.74, 6) is -1.13. The molecule has 5 heteroatoms. The molecule has 0 bridgehead atoms. The third kappa shape index (κ3) is 1.73. The quantitative estimate of drug-likeness (QED) is 0.460. The molecule has 1 heterocycles. The summed E-state index contributed by atoms with van der Waals surface area (Å²) < 4.78 is 4.74. The number of ketones is 2. The summed E-state index contributed by atoms with van der Waals surface area (Å²) in [4.78, 5) is 21.4. The Hall–Kier alpha value is -0.540. The van der Waals surface area contributed by atoms with E-state index >= 15 is 0 Å². The van der Waals surface area contributed by atoms with E-state index in [1.165, 1.54) is 0 Å². The average molecular weight is 195 g/mol. The first-order chi connectivity index (χ1) is 5.15. The number of carbonyl (C=O) groups is 2. The van der Waals surface area contributed by atoms with Gasteiger partial charge in [-0.25, -0.2) is 0 Å². The molecule has 0 aromatic rings. The smallest absolute Gasteiger partial charge is 0.258 e. The molecule has 3 nitrogen and oxygen atoms in total. The molecule has 1 aliphatic heterocycles. The van der Waals surface area contributed by atoms with Crippen LogP contribution < -0.4 is 0 Å². The van der Waals surface area contributed by atoms with Crippen LogP contribution in [0.2, 0.25) is 0 Å². The third-order valence-corrected chi connectivity index (χ3v) is 1.68. The molecule has 1 unspecified atom stereocenters. The van der Waals surface area contributed by atoms with Gasteiger partial charge < -0.3 is 4.74 Å². The van der Waals surface area contributed by atoms with Gasteiger partial charge in [0.25, 0.3) is 5.78 Å². The Bertz CT molecular complexity index is 234. The molecule has 0 saturated heterocycles. The fourth-order valence-electron chi connectivity index (χ4n) is 0.620. The SMILES string of the molecule is O=C1C=C(CCl)OC(Cl)C1=O. The van der Waals surface area contributed by atoms with Crippen molar-refractivity contribution in [2.45, 2.75) is 5.56 Å². The minimum Gasteiger partial charge on any atom is -0.470 e. The zero-order valence-electron chi connectivity index (χ0n) is 5.34. The minimum atomic E-state index is -1.21. The summed E-state index contributed by atoms with van der Waals surface area (Å²) in [5.41, 5.74) is -1.21. The maximum absolute atomic E-state index is 10.7. The van der Waals surface area contributed by atoms with Gasteiger partial charge in [0.15, 0.2) is 0 Å². The maximum Gasteiger partial charge on any atom is 0.258 e. The van der Waals surface area contributed by atoms with Gasteiger partial charge in [0, 0.05) is 6.08 Å². The van der Waals surface area contributed by atoms with Crippen molar-refractivity contribution in [2.24, 2.45) is 0 Å². The van der Waals surface area contributed by atoms with Crippen LogP contribution in [0.5, 0.6) is 0 Å². The van der Waals surface area contributed by atoms with Crippen molar-refractivity contribution in [3.05, 3.63) is 11.8 Å². The Morgan fingerprint density at radius 2 is 2.18 bits per heavy atom. The minimum absolute atomic E-state index is 0.0439. The summed E-state index contributed by atoms with van der Waals surface area (Å²) in [6.07, 6.45) is 1.05. The topological polar surface area (TPSA) is 43.4 Å². The van der Waals surface area contributed by atoms with E-state index in [4.69, 9.17) is 27.9 Å². The van der Waals surface area contributed by atoms with Crippen molar-refractivity contribution in [1.82, 2.24) is 0 Å². The fraction of sp³-hybridized carbons (Fsp3) is 0.333. The van der Waals surface area contributed by atoms with Gasteiger partial charge in [-0.05, 0) is 0 Å². The molecule has 1 aliphatic rings. The van der Waals surface area contributed by atoms with Crippen LogP contribution in [0.4, 0.5) is 0 Å². The normalized spacial score (nSPS) is 24.5. The largest absolute Gasteiger partial charge is 0.470 e. The summed E-state index contributed by atoms with van der Waals surface area (Å²) in [7, 11) is 0. The van der Waals surface area contributed by atoms with Gasteiger partial charge in [-0.2, -0.15) is 0 Å². The molecule has 1 atom stereocenters. The Labute approximate surface area is 72.9 Å². The van der Waals surface area contributed by atoms with E-state index in [2.05, 4.69) is 0 Å². The zero-order chi connectivity index (χ0) is 8.43. The van der Waals surface area contributed by atoms with E-state index < -0.39 is 17.1 Å². The monoisotopic (exact) mass is 194 g/mol. The van der Waals surface area contributed by atoms with E-state index in [1.54, 1.807) is 0 Å². The fourth-order valence-corrected chi connectivity index (χ4v) is 0.982. The number of allylic oxidation sites excluding steroid dienone is 2. The number of rotatable bonds is 1. The molecule has 0 radical (unpaired) electrons. The number of Topliss-reactive ketones (excluding diaryl/α,β-unsaturated/α-hetero) is 1. The first kappa shape index (κ1) is 8.56. The first-order valence-corrected chi connectivity index (χ1v) is 3.77. The van der Waals surface area contributed by atoms with Crippen LogP contribution >= 0.6 is 23.2 Å². The summed E-state index contributed by atoms with van der Waals surface area (Å²) >= 11 is 10.7. The molecule has 1 rings (SSSR count). The van der Waals surface area contributed by atoms with Gasteiger partial charge in [0.2, 0.25) is 11.3 Å². The first-order valence-electron chi connectivity index (χ1n) is 2.80. The molecule has 0 N–H and O–H groups in total. The van der Waals surface area contributed by atoms with E-state index in [-0.39, 0.29) is 11.6 Å². The number of ether oxygens (including phenoxy) is 1. The molecule has 0 aromatic heterocycles. The number of hydrogen-bond acceptors (Lipinski definition) is 3. The summed E-state index contributed by atoms with van der Waals surface area (Å²) in [5, 5.41) is 0. The van der Waals surface area contributed by atoms with E-state index in [0.29, 0.717) is 0 Å². The average Bonchev–Trinajstić information content (AvgIpc) is 1.99. The molecule has 60 valence electrons. The molecule has 0 aromatic carbocycles. The van der Waals surface area contributed by atoms with Gasteiger partial charge in [0.05, 0.1) is 5.88 Å². The Morgan fingerprint density at radius 1 is 1.55 bits per heavy atom. The lowest BCUT2D eigenvalue weighted by Crippen LogP contribution is -2.30. The lowest BCUT2D eigenvalue weighted by atomic mass is 10.2. The number of carbonyl (C=O) groups excluding carboxylic acids is 2. The van der Waals surface area contributed by atoms with Crippen LogP contribution in [-0.4, -0.2) is 23.0 Å². The van der Waals surface area contributed by atoms with Crippen LogP contribution in [0.3, 0.4) is 0 Å². The van der Waals surface area contributed by atoms with Crippen molar-refractivity contribution in [2.75, 3.05) is 5.88 Å². The number of alkyl halides is 2. The predicted molar refractivity (Wildman–Crippen MR) is 39.5 cm³/mol. The van der Waals surface area contributed by atoms with Gasteiger partial charge in [0.1, 0.15) is 5.76 Å². The highest BCUT2D eigenvalue weighted by Gasteiger charge is 2.28. The molecular formula is C6H4Cl2O3. The van der Waals surface area contributed by atoms with Crippen molar-refractivity contribution in [1.29, 1.82) is 0 Å². The van der Waals surface area contributed by atoms with Gasteiger partial charge in [-0.1, -0.05) is 11.6 Å². The Balaban J connectivity index is 2.85. The Morgan fingerprint density at radius 3 is 2.64 bits per heavy atom. The molecule has 0 fully saturated rings. The van der Waals surface area contributed by atoms with Crippen molar-refractivity contribution in [3.8, 4) is 0 Å². The second-order valence-electron chi connectivity index (χ2n) is 1.91. The predicted octanol–water partition coefficient (Wildman–Crippen LogP) is 0.842. The second-order valence-corrected chi connectivity index (χ2v) is 2.57. The van der Waals surface area contributed by atoms with E-state index in [1.807, 2.05) is 0 Å². The molecule has 0 saturated carbocycles. The zero-order valence-corrected chi connectivity index (χ0v) is 6.85. The molecule has 0 aliphatic carbocycles. The second kappa shape index (κ2) is 3.24. The number of hydrogen-bond donors (Lipinski definition) is 0. The molecule has 0 amide bonds. The third-order valence-electron chi connectivity index (χ3n) is 1.13. The van der Waals surface area contributed by atoms with Crippen LogP contribution in [-0.2, 0) is 14.3 Å². The highest BCUT2D eigenvalue weighted by Crippen LogP contribution is 2.15. The number of halogens is 2. The lowest BCUT2D eigenvalue weighted by molar-refractivity contribution is -0.138. The summed E-state index contributed by atoms with van der Waals surface area (Å²) in [6.45, 7) is 0. The van der Waals surface area contributed by atoms with Crippen LogP contribution in [0.25, 0.3) is 0 Å². The van der Waals surface area contributed by atoms with Crippen LogP contribution in [0, 0.1) is 0 Å². The van der Waals surface area contributed by atoms with Crippen LogP contribution in [0.15, 0.2) is 11.8 Å². The molecule has 0 spiro atoms. The van der Waals surface area contributed by atoms with Gasteiger partial charge >= 0.3 is 0 Å². The van der Waals surface area contributed by atoms with Crippen molar-refractivity contribution >= 4 is 34.8 Å². The van der Waals surface area contributed by atoms with E-state index in [0.717, 1.165) is 6.08 Å². The van der Waals surface area contributed by atoms with Gasteiger partial charge in [-0.15, -0.1) is 11.6 Å². The highest BCUT2D eigenvalue weighted by atomic mass is 35.5. The molecular weight excluding hydrogens is 191 g/mol. The standard InChI is InChI=1S/C6H4Cl2O3/c7-2-3-1-4(9)5(10)6(8)11-3/h1,6H,2H2.